The summed E-state index contributed by atoms with van der Waals surface area (Å²) < 4.78 is 4.60. The Balaban J connectivity index is 2.40. The molecule has 0 amide bonds. The van der Waals surface area contributed by atoms with Crippen molar-refractivity contribution in [1.82, 2.24) is 10.3 Å². The average molecular weight is 256 g/mol. The lowest BCUT2D eigenvalue weighted by molar-refractivity contribution is -0.140. The van der Waals surface area contributed by atoms with Crippen LogP contribution < -0.4 is 5.32 Å². The van der Waals surface area contributed by atoms with E-state index in [4.69, 9.17) is 0 Å². The maximum atomic E-state index is 11.0. The van der Waals surface area contributed by atoms with E-state index in [-0.39, 0.29) is 11.5 Å². The highest BCUT2D eigenvalue weighted by atomic mass is 32.1. The van der Waals surface area contributed by atoms with E-state index < -0.39 is 0 Å². The number of rotatable bonds is 5. The van der Waals surface area contributed by atoms with Crippen LogP contribution in [0.2, 0.25) is 0 Å². The molecule has 0 aliphatic rings. The molecule has 1 aromatic rings. The molecule has 4 nitrogen and oxygen atoms in total. The summed E-state index contributed by atoms with van der Waals surface area (Å²) in [5.41, 5.74) is 1.06. The average Bonchev–Trinajstić information content (AvgIpc) is 2.70. The number of nitrogens with one attached hydrogen (secondary N) is 1. The molecule has 0 unspecified atom stereocenters. The van der Waals surface area contributed by atoms with E-state index in [1.54, 1.807) is 11.3 Å². The van der Waals surface area contributed by atoms with Gasteiger partial charge in [0.25, 0.3) is 0 Å². The first-order valence-electron chi connectivity index (χ1n) is 5.66. The largest absolute Gasteiger partial charge is 0.469 e. The van der Waals surface area contributed by atoms with Gasteiger partial charge in [0.1, 0.15) is 5.01 Å². The second-order valence-electron chi connectivity index (χ2n) is 4.91. The summed E-state index contributed by atoms with van der Waals surface area (Å²) in [5.74, 6) is -0.188. The third kappa shape index (κ3) is 5.79. The molecule has 17 heavy (non-hydrogen) atoms. The maximum Gasteiger partial charge on any atom is 0.305 e. The van der Waals surface area contributed by atoms with Gasteiger partial charge >= 0.3 is 5.97 Å². The van der Waals surface area contributed by atoms with Gasteiger partial charge in [-0.2, -0.15) is 0 Å². The van der Waals surface area contributed by atoms with Crippen LogP contribution in [0, 0.1) is 0 Å². The Morgan fingerprint density at radius 2 is 2.24 bits per heavy atom. The van der Waals surface area contributed by atoms with Gasteiger partial charge in [0.05, 0.1) is 19.2 Å². The molecular weight excluding hydrogens is 236 g/mol. The highest BCUT2D eigenvalue weighted by Gasteiger charge is 2.10. The van der Waals surface area contributed by atoms with Gasteiger partial charge in [0.2, 0.25) is 0 Å². The second-order valence-corrected chi connectivity index (χ2v) is 5.85. The van der Waals surface area contributed by atoms with E-state index in [9.17, 15) is 4.79 Å². The van der Waals surface area contributed by atoms with Crippen molar-refractivity contribution in [2.75, 3.05) is 7.11 Å². The summed E-state index contributed by atoms with van der Waals surface area (Å²) in [7, 11) is 1.40. The number of aromatic nitrogens is 1. The van der Waals surface area contributed by atoms with Crippen LogP contribution in [0.5, 0.6) is 0 Å². The van der Waals surface area contributed by atoms with Crippen molar-refractivity contribution >= 4 is 17.3 Å². The van der Waals surface area contributed by atoms with Gasteiger partial charge in [-0.25, -0.2) is 4.98 Å². The molecule has 5 heteroatoms. The van der Waals surface area contributed by atoms with Crippen molar-refractivity contribution < 1.29 is 9.53 Å². The number of hydrogen-bond donors (Lipinski definition) is 1. The summed E-state index contributed by atoms with van der Waals surface area (Å²) in [5, 5.41) is 6.44. The zero-order valence-electron chi connectivity index (χ0n) is 10.9. The molecule has 0 saturated carbocycles. The van der Waals surface area contributed by atoms with Gasteiger partial charge in [-0.1, -0.05) is 0 Å². The lowest BCUT2D eigenvalue weighted by atomic mass is 10.1. The molecule has 0 aliphatic carbocycles. The van der Waals surface area contributed by atoms with Crippen LogP contribution in [0.1, 0.15) is 37.9 Å². The van der Waals surface area contributed by atoms with Gasteiger partial charge in [0.15, 0.2) is 0 Å². The van der Waals surface area contributed by atoms with Crippen LogP contribution in [0.15, 0.2) is 5.38 Å². The smallest absolute Gasteiger partial charge is 0.305 e. The highest BCUT2D eigenvalue weighted by molar-refractivity contribution is 7.09. The third-order valence-electron chi connectivity index (χ3n) is 2.18. The van der Waals surface area contributed by atoms with E-state index in [1.807, 2.05) is 5.38 Å². The molecule has 1 rings (SSSR count). The SMILES string of the molecule is COC(=O)CCc1csc(CNC(C)(C)C)n1. The summed E-state index contributed by atoms with van der Waals surface area (Å²) in [6, 6.07) is 0. The van der Waals surface area contributed by atoms with Crippen LogP contribution in [0.3, 0.4) is 0 Å². The standard InChI is InChI=1S/C12H20N2O2S/c1-12(2,3)13-7-10-14-9(8-17-10)5-6-11(15)16-4/h8,13H,5-7H2,1-4H3. The first-order valence-corrected chi connectivity index (χ1v) is 6.54. The fourth-order valence-corrected chi connectivity index (χ4v) is 1.99. The Morgan fingerprint density at radius 1 is 1.53 bits per heavy atom. The molecule has 1 heterocycles. The van der Waals surface area contributed by atoms with Gasteiger partial charge < -0.3 is 10.1 Å². The van der Waals surface area contributed by atoms with Gasteiger partial charge in [-0.3, -0.25) is 4.79 Å². The third-order valence-corrected chi connectivity index (χ3v) is 3.08. The fourth-order valence-electron chi connectivity index (χ4n) is 1.22. The topological polar surface area (TPSA) is 51.2 Å². The molecule has 0 aromatic carbocycles. The van der Waals surface area contributed by atoms with E-state index in [0.29, 0.717) is 12.8 Å². The van der Waals surface area contributed by atoms with Crippen molar-refractivity contribution in [2.45, 2.75) is 45.7 Å². The molecule has 96 valence electrons. The van der Waals surface area contributed by atoms with E-state index in [1.165, 1.54) is 7.11 Å². The summed E-state index contributed by atoms with van der Waals surface area (Å²) >= 11 is 1.62. The number of ether oxygens (including phenoxy) is 1. The van der Waals surface area contributed by atoms with Crippen LogP contribution in [0.25, 0.3) is 0 Å². The van der Waals surface area contributed by atoms with Crippen LogP contribution >= 0.6 is 11.3 Å². The molecule has 1 aromatic heterocycles. The molecule has 0 spiro atoms. The maximum absolute atomic E-state index is 11.0. The summed E-state index contributed by atoms with van der Waals surface area (Å²) in [6.07, 6.45) is 1.05. The monoisotopic (exact) mass is 256 g/mol. The van der Waals surface area contributed by atoms with Crippen LogP contribution in [-0.2, 0) is 22.5 Å². The Bertz CT molecular complexity index is 369. The minimum Gasteiger partial charge on any atom is -0.469 e. The number of carbonyl (C=O) groups is 1. The zero-order valence-corrected chi connectivity index (χ0v) is 11.7. The number of carbonyl (C=O) groups excluding carboxylic acids is 1. The summed E-state index contributed by atoms with van der Waals surface area (Å²) in [4.78, 5) is 15.5. The normalized spacial score (nSPS) is 11.5. The first-order chi connectivity index (χ1) is 7.90. The first kappa shape index (κ1) is 14.1. The summed E-state index contributed by atoms with van der Waals surface area (Å²) in [6.45, 7) is 7.14. The van der Waals surface area contributed by atoms with Crippen LogP contribution in [0.4, 0.5) is 0 Å². The van der Waals surface area contributed by atoms with Crippen molar-refractivity contribution in [3.63, 3.8) is 0 Å². The molecule has 0 aliphatic heterocycles. The Kier molecular flexibility index (Phi) is 5.08. The lowest BCUT2D eigenvalue weighted by Gasteiger charge is -2.19. The molecule has 1 N–H and O–H groups in total. The Labute approximate surface area is 106 Å². The highest BCUT2D eigenvalue weighted by Crippen LogP contribution is 2.12. The minimum atomic E-state index is -0.188. The number of thiazole rings is 1. The van der Waals surface area contributed by atoms with E-state index in [2.05, 4.69) is 35.8 Å². The van der Waals surface area contributed by atoms with Gasteiger partial charge in [-0.05, 0) is 20.8 Å². The Hall–Kier alpha value is -0.940. The fraction of sp³-hybridized carbons (Fsp3) is 0.667. The lowest BCUT2D eigenvalue weighted by Crippen LogP contribution is -2.35. The van der Waals surface area contributed by atoms with E-state index in [0.717, 1.165) is 17.2 Å². The van der Waals surface area contributed by atoms with Crippen molar-refractivity contribution in [2.24, 2.45) is 0 Å². The number of aryl methyl sites for hydroxylation is 1. The van der Waals surface area contributed by atoms with Crippen LogP contribution in [-0.4, -0.2) is 23.6 Å². The molecule has 0 bridgehead atoms. The predicted molar refractivity (Wildman–Crippen MR) is 69.0 cm³/mol. The molecular formula is C12H20N2O2S. The van der Waals surface area contributed by atoms with Gasteiger partial charge in [-0.15, -0.1) is 11.3 Å². The minimum absolute atomic E-state index is 0.0951. The molecule has 0 saturated heterocycles. The second kappa shape index (κ2) is 6.12. The molecule has 0 atom stereocenters. The number of methoxy groups -OCH3 is 1. The molecule has 0 fully saturated rings. The van der Waals surface area contributed by atoms with Crippen molar-refractivity contribution in [3.8, 4) is 0 Å². The van der Waals surface area contributed by atoms with Crippen molar-refractivity contribution in [1.29, 1.82) is 0 Å². The number of hydrogen-bond acceptors (Lipinski definition) is 5. The zero-order chi connectivity index (χ0) is 12.9. The molecule has 0 radical (unpaired) electrons. The quantitative estimate of drug-likeness (QED) is 0.820. The van der Waals surface area contributed by atoms with Crippen molar-refractivity contribution in [3.05, 3.63) is 16.1 Å². The van der Waals surface area contributed by atoms with E-state index >= 15 is 0 Å². The number of nitrogens with zero attached hydrogens (tertiary/aromatic N) is 1. The Morgan fingerprint density at radius 3 is 2.82 bits per heavy atom. The predicted octanol–water partition coefficient (Wildman–Crippen LogP) is 2.14. The number of esters is 1. The van der Waals surface area contributed by atoms with Gasteiger partial charge in [0, 0.05) is 23.9 Å².